The molecule has 0 fully saturated rings. The fraction of sp³-hybridized carbons (Fsp3) is 0.250. The predicted molar refractivity (Wildman–Crippen MR) is 87.0 cm³/mol. The molecule has 20 heavy (non-hydrogen) atoms. The average molecular weight is 291 g/mol. The van der Waals surface area contributed by atoms with Crippen LogP contribution in [0.4, 0.5) is 0 Å². The summed E-state index contributed by atoms with van der Waals surface area (Å²) in [5.74, 6) is 0.822. The van der Waals surface area contributed by atoms with E-state index in [9.17, 15) is 0 Å². The quantitative estimate of drug-likeness (QED) is 0.851. The van der Waals surface area contributed by atoms with E-state index in [4.69, 9.17) is 15.4 Å². The number of benzene rings is 2. The lowest BCUT2D eigenvalue weighted by atomic mass is 10.00. The highest BCUT2D eigenvalue weighted by molar-refractivity contribution is 7.40. The lowest BCUT2D eigenvalue weighted by Gasteiger charge is -2.13. The maximum Gasteiger partial charge on any atom is 0.118 e. The normalized spacial score (nSPS) is 11.8. The summed E-state index contributed by atoms with van der Waals surface area (Å²) in [6, 6.07) is 15.3. The third kappa shape index (κ3) is 4.31. The van der Waals surface area contributed by atoms with Crippen LogP contribution >= 0.6 is 8.81 Å². The van der Waals surface area contributed by atoms with E-state index in [1.165, 1.54) is 0 Å². The van der Waals surface area contributed by atoms with Gasteiger partial charge in [-0.15, -0.1) is 0 Å². The van der Waals surface area contributed by atoms with Gasteiger partial charge in [0, 0.05) is 8.81 Å². The molecule has 0 aliphatic carbocycles. The zero-order valence-corrected chi connectivity index (χ0v) is 13.1. The lowest BCUT2D eigenvalue weighted by molar-refractivity contribution is 0.414. The summed E-state index contributed by atoms with van der Waals surface area (Å²) in [5.41, 5.74) is 8.27. The first-order valence-electron chi connectivity index (χ1n) is 6.64. The van der Waals surface area contributed by atoms with Crippen molar-refractivity contribution < 1.29 is 9.63 Å². The predicted octanol–water partition coefficient (Wildman–Crippen LogP) is 2.98. The molecule has 0 saturated heterocycles. The maximum atomic E-state index is 9.02. The van der Waals surface area contributed by atoms with E-state index in [0.717, 1.165) is 22.2 Å². The molecule has 0 spiro atoms. The van der Waals surface area contributed by atoms with Crippen molar-refractivity contribution in [2.45, 2.75) is 19.9 Å². The van der Waals surface area contributed by atoms with E-state index in [1.54, 1.807) is 7.11 Å². The van der Waals surface area contributed by atoms with Crippen LogP contribution in [0.2, 0.25) is 0 Å². The van der Waals surface area contributed by atoms with Gasteiger partial charge in [0.15, 0.2) is 0 Å². The molecule has 0 saturated carbocycles. The molecular formula is C16H22NO2P. The topological polar surface area (TPSA) is 55.5 Å². The SMILES string of the molecule is CC.COc1ccc(C(N)c2ccc(PO)cc2)cc1. The highest BCUT2D eigenvalue weighted by Gasteiger charge is 2.08. The van der Waals surface area contributed by atoms with Crippen molar-refractivity contribution in [1.82, 2.24) is 0 Å². The monoisotopic (exact) mass is 291 g/mol. The first-order valence-corrected chi connectivity index (χ1v) is 7.59. The molecule has 2 rings (SSSR count). The summed E-state index contributed by atoms with van der Waals surface area (Å²) in [6.45, 7) is 4.00. The Morgan fingerprint density at radius 2 is 1.40 bits per heavy atom. The van der Waals surface area contributed by atoms with Crippen LogP contribution in [0.25, 0.3) is 0 Å². The summed E-state index contributed by atoms with van der Waals surface area (Å²) in [4.78, 5) is 9.02. The Balaban J connectivity index is 0.000000956. The molecule has 0 amide bonds. The zero-order chi connectivity index (χ0) is 15.0. The van der Waals surface area contributed by atoms with Gasteiger partial charge in [0.25, 0.3) is 0 Å². The number of hydrogen-bond acceptors (Lipinski definition) is 3. The van der Waals surface area contributed by atoms with Crippen LogP contribution < -0.4 is 15.8 Å². The Hall–Kier alpha value is -1.41. The summed E-state index contributed by atoms with van der Waals surface area (Å²) in [6.07, 6.45) is 0. The Kier molecular flexibility index (Phi) is 7.24. The smallest absolute Gasteiger partial charge is 0.118 e. The third-order valence-electron chi connectivity index (χ3n) is 2.87. The van der Waals surface area contributed by atoms with Crippen LogP contribution in [0, 0.1) is 0 Å². The first-order chi connectivity index (χ1) is 9.74. The Labute approximate surface area is 122 Å². The van der Waals surface area contributed by atoms with E-state index in [1.807, 2.05) is 62.4 Å². The minimum Gasteiger partial charge on any atom is -0.497 e. The van der Waals surface area contributed by atoms with Crippen molar-refractivity contribution in [3.8, 4) is 5.75 Å². The molecule has 2 aromatic rings. The van der Waals surface area contributed by atoms with Crippen molar-refractivity contribution in [3.63, 3.8) is 0 Å². The van der Waals surface area contributed by atoms with Crippen molar-refractivity contribution in [2.75, 3.05) is 7.11 Å². The Morgan fingerprint density at radius 3 is 1.80 bits per heavy atom. The van der Waals surface area contributed by atoms with Crippen LogP contribution in [0.15, 0.2) is 48.5 Å². The van der Waals surface area contributed by atoms with E-state index in [2.05, 4.69) is 0 Å². The van der Waals surface area contributed by atoms with Gasteiger partial charge in [-0.1, -0.05) is 50.2 Å². The summed E-state index contributed by atoms with van der Waals surface area (Å²) < 4.78 is 5.12. The molecule has 3 nitrogen and oxygen atoms in total. The van der Waals surface area contributed by atoms with Gasteiger partial charge < -0.3 is 15.4 Å². The van der Waals surface area contributed by atoms with Gasteiger partial charge in [0.2, 0.25) is 0 Å². The highest BCUT2D eigenvalue weighted by Crippen LogP contribution is 2.22. The van der Waals surface area contributed by atoms with Gasteiger partial charge in [-0.2, -0.15) is 0 Å². The number of hydrogen-bond donors (Lipinski definition) is 2. The first kappa shape index (κ1) is 16.6. The fourth-order valence-corrected chi connectivity index (χ4v) is 2.08. The molecule has 2 atom stereocenters. The molecule has 4 heteroatoms. The van der Waals surface area contributed by atoms with Gasteiger partial charge in [-0.3, -0.25) is 0 Å². The highest BCUT2D eigenvalue weighted by atomic mass is 31.1. The van der Waals surface area contributed by atoms with Crippen molar-refractivity contribution in [1.29, 1.82) is 0 Å². The zero-order valence-electron chi connectivity index (χ0n) is 12.1. The molecule has 0 aromatic heterocycles. The Bertz CT molecular complexity index is 449. The molecule has 3 N–H and O–H groups in total. The average Bonchev–Trinajstić information content (AvgIpc) is 2.56. The molecule has 108 valence electrons. The largest absolute Gasteiger partial charge is 0.497 e. The maximum absolute atomic E-state index is 9.02. The van der Waals surface area contributed by atoms with Gasteiger partial charge >= 0.3 is 0 Å². The summed E-state index contributed by atoms with van der Waals surface area (Å²) in [5, 5.41) is 0.917. The standard InChI is InChI=1S/C14H16NO2P.C2H6/c1-17-12-6-2-10(3-7-12)14(15)11-4-8-13(18-16)9-5-11;1-2/h2-9,14,16,18H,15H2,1H3;1-2H3. The van der Waals surface area contributed by atoms with E-state index < -0.39 is 0 Å². The van der Waals surface area contributed by atoms with Crippen LogP contribution in [0.5, 0.6) is 5.75 Å². The molecule has 0 aliphatic heterocycles. The molecule has 0 heterocycles. The lowest BCUT2D eigenvalue weighted by Crippen LogP contribution is -2.12. The second kappa shape index (κ2) is 8.70. The molecule has 0 radical (unpaired) electrons. The minimum absolute atomic E-state index is 0.160. The Morgan fingerprint density at radius 1 is 0.950 bits per heavy atom. The number of rotatable bonds is 4. The minimum atomic E-state index is -0.173. The van der Waals surface area contributed by atoms with Crippen LogP contribution in [0.3, 0.4) is 0 Å². The number of nitrogens with two attached hydrogens (primary N) is 1. The van der Waals surface area contributed by atoms with Gasteiger partial charge in [-0.05, 0) is 28.6 Å². The second-order valence-corrected chi connectivity index (χ2v) is 4.79. The second-order valence-electron chi connectivity index (χ2n) is 3.98. The molecule has 2 aromatic carbocycles. The van der Waals surface area contributed by atoms with Crippen LogP contribution in [-0.2, 0) is 0 Å². The third-order valence-corrected chi connectivity index (χ3v) is 3.47. The van der Waals surface area contributed by atoms with E-state index >= 15 is 0 Å². The molecular weight excluding hydrogens is 269 g/mol. The molecule has 0 bridgehead atoms. The molecule has 0 aliphatic rings. The van der Waals surface area contributed by atoms with Gasteiger partial charge in [0.1, 0.15) is 5.75 Å². The van der Waals surface area contributed by atoms with E-state index in [-0.39, 0.29) is 14.8 Å². The number of methoxy groups -OCH3 is 1. The van der Waals surface area contributed by atoms with Crippen molar-refractivity contribution >= 4 is 14.1 Å². The van der Waals surface area contributed by atoms with E-state index in [0.29, 0.717) is 0 Å². The van der Waals surface area contributed by atoms with Gasteiger partial charge in [0.05, 0.1) is 13.2 Å². The van der Waals surface area contributed by atoms with Gasteiger partial charge in [-0.25, -0.2) is 0 Å². The summed E-state index contributed by atoms with van der Waals surface area (Å²) >= 11 is 0. The van der Waals surface area contributed by atoms with Crippen LogP contribution in [-0.4, -0.2) is 12.0 Å². The number of ether oxygens (including phenoxy) is 1. The van der Waals surface area contributed by atoms with Crippen molar-refractivity contribution in [3.05, 3.63) is 59.7 Å². The molecule has 2 unspecified atom stereocenters. The van der Waals surface area contributed by atoms with Crippen molar-refractivity contribution in [2.24, 2.45) is 5.73 Å². The summed E-state index contributed by atoms with van der Waals surface area (Å²) in [7, 11) is 1.47. The fourth-order valence-electron chi connectivity index (χ4n) is 1.77. The van der Waals surface area contributed by atoms with Crippen LogP contribution in [0.1, 0.15) is 31.0 Å².